The van der Waals surface area contributed by atoms with Gasteiger partial charge < -0.3 is 14.4 Å². The lowest BCUT2D eigenvalue weighted by Crippen LogP contribution is -2.40. The Morgan fingerprint density at radius 2 is 1.66 bits per heavy atom. The number of benzene rings is 2. The van der Waals surface area contributed by atoms with Crippen molar-refractivity contribution in [1.82, 2.24) is 9.80 Å². The van der Waals surface area contributed by atoms with Crippen molar-refractivity contribution in [2.45, 2.75) is 13.5 Å². The molecule has 2 heterocycles. The average Bonchev–Trinajstić information content (AvgIpc) is 3.00. The summed E-state index contributed by atoms with van der Waals surface area (Å²) >= 11 is 0. The number of imide groups is 1. The molecule has 29 heavy (non-hydrogen) atoms. The maximum Gasteiger partial charge on any atom is 0.278 e. The Balaban J connectivity index is 1.76. The third-order valence-electron chi connectivity index (χ3n) is 5.31. The number of rotatable bonds is 5. The molecule has 0 saturated carbocycles. The molecule has 0 N–H and O–H groups in total. The van der Waals surface area contributed by atoms with Crippen LogP contribution in [0.25, 0.3) is 5.57 Å². The molecule has 0 aliphatic carbocycles. The first-order valence-corrected chi connectivity index (χ1v) is 9.72. The molecule has 0 unspecified atom stereocenters. The van der Waals surface area contributed by atoms with E-state index < -0.39 is 0 Å². The first-order valence-electron chi connectivity index (χ1n) is 9.72. The SMILES string of the molecule is COc1ccccc1C1=C(N2CCOCC2)C(=O)N(Cc2ccc(C)cc2)C1=O. The zero-order valence-corrected chi connectivity index (χ0v) is 16.7. The van der Waals surface area contributed by atoms with E-state index in [1.54, 1.807) is 13.2 Å². The summed E-state index contributed by atoms with van der Waals surface area (Å²) in [7, 11) is 1.57. The summed E-state index contributed by atoms with van der Waals surface area (Å²) in [5.74, 6) is 0.0199. The van der Waals surface area contributed by atoms with Crippen molar-refractivity contribution in [3.05, 3.63) is 70.9 Å². The van der Waals surface area contributed by atoms with Crippen LogP contribution in [0.2, 0.25) is 0 Å². The van der Waals surface area contributed by atoms with Crippen LogP contribution in [0, 0.1) is 6.92 Å². The predicted octanol–water partition coefficient (Wildman–Crippen LogP) is 2.62. The Labute approximate surface area is 170 Å². The molecular weight excluding hydrogens is 368 g/mol. The molecule has 0 radical (unpaired) electrons. The Morgan fingerprint density at radius 3 is 2.34 bits per heavy atom. The normalized spacial score (nSPS) is 17.3. The number of ether oxygens (including phenoxy) is 2. The van der Waals surface area contributed by atoms with Gasteiger partial charge in [-0.1, -0.05) is 48.0 Å². The van der Waals surface area contributed by atoms with Gasteiger partial charge in [0.05, 0.1) is 32.4 Å². The minimum Gasteiger partial charge on any atom is -0.496 e. The summed E-state index contributed by atoms with van der Waals surface area (Å²) in [6.07, 6.45) is 0. The van der Waals surface area contributed by atoms with E-state index in [2.05, 4.69) is 0 Å². The number of nitrogens with zero attached hydrogens (tertiary/aromatic N) is 2. The Morgan fingerprint density at radius 1 is 0.966 bits per heavy atom. The molecule has 1 saturated heterocycles. The second-order valence-corrected chi connectivity index (χ2v) is 7.21. The number of hydrogen-bond acceptors (Lipinski definition) is 5. The van der Waals surface area contributed by atoms with Gasteiger partial charge in [0.15, 0.2) is 0 Å². The van der Waals surface area contributed by atoms with Crippen LogP contribution in [0.4, 0.5) is 0 Å². The number of hydrogen-bond donors (Lipinski definition) is 0. The number of amides is 2. The first-order chi connectivity index (χ1) is 14.1. The number of carbonyl (C=O) groups is 2. The van der Waals surface area contributed by atoms with Crippen molar-refractivity contribution >= 4 is 17.4 Å². The Bertz CT molecular complexity index is 959. The van der Waals surface area contributed by atoms with Gasteiger partial charge in [-0.25, -0.2) is 0 Å². The maximum atomic E-state index is 13.4. The van der Waals surface area contributed by atoms with Crippen LogP contribution in [-0.2, 0) is 20.9 Å². The van der Waals surface area contributed by atoms with Crippen LogP contribution >= 0.6 is 0 Å². The third kappa shape index (κ3) is 3.63. The molecule has 2 aliphatic rings. The molecule has 0 aromatic heterocycles. The minimum atomic E-state index is -0.290. The van der Waals surface area contributed by atoms with E-state index in [4.69, 9.17) is 9.47 Å². The second-order valence-electron chi connectivity index (χ2n) is 7.21. The lowest BCUT2D eigenvalue weighted by atomic mass is 10.0. The predicted molar refractivity (Wildman–Crippen MR) is 109 cm³/mol. The molecule has 2 amide bonds. The minimum absolute atomic E-state index is 0.241. The number of carbonyl (C=O) groups excluding carboxylic acids is 2. The summed E-state index contributed by atoms with van der Waals surface area (Å²) in [6.45, 7) is 4.46. The van der Waals surface area contributed by atoms with Crippen LogP contribution in [0.1, 0.15) is 16.7 Å². The highest BCUT2D eigenvalue weighted by Crippen LogP contribution is 2.37. The topological polar surface area (TPSA) is 59.1 Å². The Kier molecular flexibility index (Phi) is 5.36. The number of aryl methyl sites for hydroxylation is 1. The van der Waals surface area contributed by atoms with Gasteiger partial charge in [0, 0.05) is 18.7 Å². The smallest absolute Gasteiger partial charge is 0.278 e. The average molecular weight is 392 g/mol. The second kappa shape index (κ2) is 8.09. The zero-order valence-electron chi connectivity index (χ0n) is 16.7. The lowest BCUT2D eigenvalue weighted by molar-refractivity contribution is -0.138. The van der Waals surface area contributed by atoms with Gasteiger partial charge >= 0.3 is 0 Å². The summed E-state index contributed by atoms with van der Waals surface area (Å²) < 4.78 is 10.9. The van der Waals surface area contributed by atoms with Crippen molar-refractivity contribution in [1.29, 1.82) is 0 Å². The molecule has 1 fully saturated rings. The molecule has 6 nitrogen and oxygen atoms in total. The third-order valence-corrected chi connectivity index (χ3v) is 5.31. The van der Waals surface area contributed by atoms with Crippen LogP contribution < -0.4 is 4.74 Å². The summed E-state index contributed by atoms with van der Waals surface area (Å²) in [6, 6.07) is 15.2. The quantitative estimate of drug-likeness (QED) is 0.732. The fourth-order valence-corrected chi connectivity index (χ4v) is 3.76. The van der Waals surface area contributed by atoms with E-state index in [1.165, 1.54) is 4.90 Å². The fraction of sp³-hybridized carbons (Fsp3) is 0.304. The molecule has 4 rings (SSSR count). The van der Waals surface area contributed by atoms with Crippen molar-refractivity contribution in [3.63, 3.8) is 0 Å². The van der Waals surface area contributed by atoms with E-state index in [9.17, 15) is 9.59 Å². The largest absolute Gasteiger partial charge is 0.496 e. The van der Waals surface area contributed by atoms with Gasteiger partial charge in [-0.15, -0.1) is 0 Å². The molecule has 0 atom stereocenters. The highest BCUT2D eigenvalue weighted by Gasteiger charge is 2.42. The van der Waals surface area contributed by atoms with Crippen molar-refractivity contribution < 1.29 is 19.1 Å². The number of methoxy groups -OCH3 is 1. The van der Waals surface area contributed by atoms with Crippen molar-refractivity contribution in [3.8, 4) is 5.75 Å². The van der Waals surface area contributed by atoms with Gasteiger partial charge in [0.1, 0.15) is 11.4 Å². The molecule has 0 bridgehead atoms. The molecule has 0 spiro atoms. The van der Waals surface area contributed by atoms with Crippen LogP contribution in [-0.4, -0.2) is 55.0 Å². The highest BCUT2D eigenvalue weighted by molar-refractivity contribution is 6.35. The molecule has 2 aromatic carbocycles. The van der Waals surface area contributed by atoms with Crippen LogP contribution in [0.15, 0.2) is 54.2 Å². The number of para-hydroxylation sites is 1. The summed E-state index contributed by atoms with van der Waals surface area (Å²) in [5, 5.41) is 0. The monoisotopic (exact) mass is 392 g/mol. The van der Waals surface area contributed by atoms with Crippen LogP contribution in [0.5, 0.6) is 5.75 Å². The molecule has 2 aromatic rings. The highest BCUT2D eigenvalue weighted by atomic mass is 16.5. The number of morpholine rings is 1. The van der Waals surface area contributed by atoms with Gasteiger partial charge in [-0.2, -0.15) is 0 Å². The Hall–Kier alpha value is -3.12. The molecule has 150 valence electrons. The van der Waals surface area contributed by atoms with E-state index in [0.717, 1.165) is 11.1 Å². The van der Waals surface area contributed by atoms with E-state index in [0.29, 0.717) is 48.9 Å². The lowest BCUT2D eigenvalue weighted by Gasteiger charge is -2.29. The van der Waals surface area contributed by atoms with Crippen molar-refractivity contribution in [2.75, 3.05) is 33.4 Å². The van der Waals surface area contributed by atoms with Gasteiger partial charge in [0.25, 0.3) is 11.8 Å². The van der Waals surface area contributed by atoms with Crippen LogP contribution in [0.3, 0.4) is 0 Å². The summed E-state index contributed by atoms with van der Waals surface area (Å²) in [4.78, 5) is 30.1. The van der Waals surface area contributed by atoms with Gasteiger partial charge in [0.2, 0.25) is 0 Å². The van der Waals surface area contributed by atoms with Gasteiger partial charge in [-0.3, -0.25) is 14.5 Å². The maximum absolute atomic E-state index is 13.4. The summed E-state index contributed by atoms with van der Waals surface area (Å²) in [5.41, 5.74) is 3.53. The standard InChI is InChI=1S/C23H24N2O4/c1-16-7-9-17(10-8-16)15-25-22(26)20(18-5-3-4-6-19(18)28-2)21(23(25)27)24-11-13-29-14-12-24/h3-10H,11-15H2,1-2H3. The van der Waals surface area contributed by atoms with E-state index in [1.807, 2.05) is 54.3 Å². The van der Waals surface area contributed by atoms with E-state index in [-0.39, 0.29) is 18.4 Å². The zero-order chi connectivity index (χ0) is 20.4. The molecule has 2 aliphatic heterocycles. The first kappa shape index (κ1) is 19.2. The molecular formula is C23H24N2O4. The van der Waals surface area contributed by atoms with E-state index >= 15 is 0 Å². The van der Waals surface area contributed by atoms with Gasteiger partial charge in [-0.05, 0) is 18.6 Å². The molecule has 6 heteroatoms. The fourth-order valence-electron chi connectivity index (χ4n) is 3.76. The van der Waals surface area contributed by atoms with Crippen molar-refractivity contribution in [2.24, 2.45) is 0 Å².